The molecule has 1 heterocycles. The largest absolute Gasteiger partial charge is 0.454 e. The van der Waals surface area contributed by atoms with Gasteiger partial charge in [-0.1, -0.05) is 67.1 Å². The summed E-state index contributed by atoms with van der Waals surface area (Å²) in [6.45, 7) is 5.53. The van der Waals surface area contributed by atoms with Crippen molar-refractivity contribution in [2.75, 3.05) is 23.9 Å². The lowest BCUT2D eigenvalue weighted by atomic mass is 10.0. The van der Waals surface area contributed by atoms with Crippen LogP contribution in [0.25, 0.3) is 0 Å². The standard InChI is InChI=1S/C31H37N3O6S/c1-5-23(3)32-31(36)27(17-24-9-7-6-8-10-24)33(19-25-13-11-22(2)12-14-25)30(35)20-34(41(4,37)38)26-15-16-28-29(18-26)40-21-39-28/h6-16,18,23,27H,5,17,19-21H2,1-4H3,(H,32,36)/t23-,27+/m0/s1. The zero-order valence-electron chi connectivity index (χ0n) is 23.9. The van der Waals surface area contributed by atoms with Gasteiger partial charge >= 0.3 is 0 Å². The maximum atomic E-state index is 14.2. The van der Waals surface area contributed by atoms with Crippen LogP contribution in [-0.2, 0) is 32.6 Å². The smallest absolute Gasteiger partial charge is 0.244 e. The molecule has 0 bridgehead atoms. The molecule has 0 saturated carbocycles. The molecule has 2 atom stereocenters. The third-order valence-electron chi connectivity index (χ3n) is 7.07. The van der Waals surface area contributed by atoms with E-state index in [1.165, 1.54) is 11.0 Å². The molecule has 0 aliphatic carbocycles. The van der Waals surface area contributed by atoms with E-state index in [4.69, 9.17) is 9.47 Å². The first-order chi connectivity index (χ1) is 19.5. The summed E-state index contributed by atoms with van der Waals surface area (Å²) in [6.07, 6.45) is 2.04. The van der Waals surface area contributed by atoms with Crippen molar-refractivity contribution in [3.05, 3.63) is 89.5 Å². The number of carbonyl (C=O) groups excluding carboxylic acids is 2. The minimum atomic E-state index is -3.88. The Morgan fingerprint density at radius 1 is 0.951 bits per heavy atom. The van der Waals surface area contributed by atoms with Crippen LogP contribution in [0.2, 0.25) is 0 Å². The number of carbonyl (C=O) groups is 2. The Bertz CT molecular complexity index is 1460. The van der Waals surface area contributed by atoms with E-state index in [2.05, 4.69) is 5.32 Å². The molecule has 3 aromatic rings. The molecule has 1 aliphatic heterocycles. The second-order valence-corrected chi connectivity index (χ2v) is 12.2. The molecule has 0 fully saturated rings. The van der Waals surface area contributed by atoms with Crippen molar-refractivity contribution in [1.82, 2.24) is 10.2 Å². The summed E-state index contributed by atoms with van der Waals surface area (Å²) in [4.78, 5) is 29.4. The number of aryl methyl sites for hydroxylation is 1. The monoisotopic (exact) mass is 579 g/mol. The Labute approximate surface area is 242 Å². The highest BCUT2D eigenvalue weighted by molar-refractivity contribution is 7.92. The minimum absolute atomic E-state index is 0.0351. The Balaban J connectivity index is 1.72. The van der Waals surface area contributed by atoms with Crippen molar-refractivity contribution in [2.24, 2.45) is 0 Å². The fourth-order valence-electron chi connectivity index (χ4n) is 4.54. The van der Waals surface area contributed by atoms with Crippen molar-refractivity contribution >= 4 is 27.5 Å². The van der Waals surface area contributed by atoms with Crippen LogP contribution < -0.4 is 19.1 Å². The van der Waals surface area contributed by atoms with E-state index in [1.807, 2.05) is 75.4 Å². The second kappa shape index (κ2) is 13.1. The third kappa shape index (κ3) is 7.79. The van der Waals surface area contributed by atoms with Gasteiger partial charge < -0.3 is 19.7 Å². The number of benzene rings is 3. The van der Waals surface area contributed by atoms with E-state index < -0.39 is 28.5 Å². The molecule has 1 N–H and O–H groups in total. The minimum Gasteiger partial charge on any atom is -0.454 e. The Kier molecular flexibility index (Phi) is 9.54. The predicted octanol–water partition coefficient (Wildman–Crippen LogP) is 4.04. The van der Waals surface area contributed by atoms with E-state index in [0.29, 0.717) is 11.5 Å². The first kappa shape index (κ1) is 29.9. The molecule has 3 aromatic carbocycles. The maximum absolute atomic E-state index is 14.2. The van der Waals surface area contributed by atoms with Gasteiger partial charge in [-0.15, -0.1) is 0 Å². The molecule has 0 radical (unpaired) electrons. The molecular weight excluding hydrogens is 542 g/mol. The van der Waals surface area contributed by atoms with Crippen molar-refractivity contribution in [1.29, 1.82) is 0 Å². The van der Waals surface area contributed by atoms with Gasteiger partial charge in [0.1, 0.15) is 12.6 Å². The molecule has 10 heteroatoms. The summed E-state index contributed by atoms with van der Waals surface area (Å²) in [6, 6.07) is 20.9. The van der Waals surface area contributed by atoms with Gasteiger partial charge in [-0.2, -0.15) is 0 Å². The Morgan fingerprint density at radius 3 is 2.29 bits per heavy atom. The molecule has 1 aliphatic rings. The van der Waals surface area contributed by atoms with Crippen LogP contribution in [0.4, 0.5) is 5.69 Å². The van der Waals surface area contributed by atoms with Gasteiger partial charge in [-0.3, -0.25) is 13.9 Å². The van der Waals surface area contributed by atoms with E-state index in [0.717, 1.165) is 33.7 Å². The zero-order valence-corrected chi connectivity index (χ0v) is 24.7. The number of rotatable bonds is 12. The lowest BCUT2D eigenvalue weighted by Crippen LogP contribution is -2.54. The summed E-state index contributed by atoms with van der Waals surface area (Å²) >= 11 is 0. The quantitative estimate of drug-likeness (QED) is 0.347. The molecule has 2 amide bonds. The van der Waals surface area contributed by atoms with E-state index in [9.17, 15) is 18.0 Å². The average molecular weight is 580 g/mol. The van der Waals surface area contributed by atoms with Crippen molar-refractivity contribution in [3.8, 4) is 11.5 Å². The highest BCUT2D eigenvalue weighted by atomic mass is 32.2. The number of fused-ring (bicyclic) bond motifs is 1. The molecule has 0 saturated heterocycles. The molecule has 9 nitrogen and oxygen atoms in total. The Morgan fingerprint density at radius 2 is 1.63 bits per heavy atom. The fourth-order valence-corrected chi connectivity index (χ4v) is 5.38. The lowest BCUT2D eigenvalue weighted by molar-refractivity contribution is -0.140. The second-order valence-electron chi connectivity index (χ2n) is 10.3. The SMILES string of the molecule is CC[C@H](C)NC(=O)[C@@H](Cc1ccccc1)N(Cc1ccc(C)cc1)C(=O)CN(c1ccc2c(c1)OCO2)S(C)(=O)=O. The molecule has 0 spiro atoms. The molecule has 0 aromatic heterocycles. The van der Waals surface area contributed by atoms with Gasteiger partial charge in [0.05, 0.1) is 11.9 Å². The van der Waals surface area contributed by atoms with E-state index in [-0.39, 0.29) is 37.4 Å². The van der Waals surface area contributed by atoms with Crippen LogP contribution in [0.3, 0.4) is 0 Å². The fraction of sp³-hybridized carbons (Fsp3) is 0.355. The van der Waals surface area contributed by atoms with Gasteiger partial charge in [0, 0.05) is 25.1 Å². The summed E-state index contributed by atoms with van der Waals surface area (Å²) in [7, 11) is -3.88. The van der Waals surface area contributed by atoms with Gasteiger partial charge in [-0.25, -0.2) is 8.42 Å². The van der Waals surface area contributed by atoms with Crippen molar-refractivity contribution in [2.45, 2.75) is 52.2 Å². The molecular formula is C31H37N3O6S. The van der Waals surface area contributed by atoms with Crippen molar-refractivity contribution in [3.63, 3.8) is 0 Å². The topological polar surface area (TPSA) is 105 Å². The number of hydrogen-bond donors (Lipinski definition) is 1. The number of hydrogen-bond acceptors (Lipinski definition) is 6. The predicted molar refractivity (Wildman–Crippen MR) is 158 cm³/mol. The zero-order chi connectivity index (χ0) is 29.6. The first-order valence-corrected chi connectivity index (χ1v) is 15.5. The molecule has 4 rings (SSSR count). The number of nitrogens with zero attached hydrogens (tertiary/aromatic N) is 2. The number of amides is 2. The summed E-state index contributed by atoms with van der Waals surface area (Å²) in [5, 5.41) is 3.03. The van der Waals surface area contributed by atoms with Gasteiger partial charge in [0.2, 0.25) is 28.6 Å². The summed E-state index contributed by atoms with van der Waals surface area (Å²) in [5.41, 5.74) is 3.04. The van der Waals surface area contributed by atoms with Crippen LogP contribution >= 0.6 is 0 Å². The lowest BCUT2D eigenvalue weighted by Gasteiger charge is -2.34. The van der Waals surface area contributed by atoms with Crippen LogP contribution in [0.5, 0.6) is 11.5 Å². The summed E-state index contributed by atoms with van der Waals surface area (Å²) in [5.74, 6) is 0.0979. The highest BCUT2D eigenvalue weighted by Crippen LogP contribution is 2.36. The summed E-state index contributed by atoms with van der Waals surface area (Å²) < 4.78 is 37.8. The van der Waals surface area contributed by atoms with Gasteiger partial charge in [0.15, 0.2) is 11.5 Å². The third-order valence-corrected chi connectivity index (χ3v) is 8.21. The molecule has 0 unspecified atom stereocenters. The number of nitrogens with one attached hydrogen (secondary N) is 1. The highest BCUT2D eigenvalue weighted by Gasteiger charge is 2.33. The first-order valence-electron chi connectivity index (χ1n) is 13.6. The van der Waals surface area contributed by atoms with Crippen LogP contribution in [0, 0.1) is 6.92 Å². The van der Waals surface area contributed by atoms with Gasteiger partial charge in [-0.05, 0) is 43.5 Å². The van der Waals surface area contributed by atoms with Crippen LogP contribution in [-0.4, -0.2) is 56.8 Å². The Hall–Kier alpha value is -4.05. The van der Waals surface area contributed by atoms with Gasteiger partial charge in [0.25, 0.3) is 0 Å². The van der Waals surface area contributed by atoms with E-state index >= 15 is 0 Å². The average Bonchev–Trinajstić information content (AvgIpc) is 3.42. The van der Waals surface area contributed by atoms with Crippen LogP contribution in [0.1, 0.15) is 37.0 Å². The number of anilines is 1. The van der Waals surface area contributed by atoms with Crippen LogP contribution in [0.15, 0.2) is 72.8 Å². The van der Waals surface area contributed by atoms with E-state index in [1.54, 1.807) is 12.1 Å². The number of sulfonamides is 1. The molecule has 218 valence electrons. The number of ether oxygens (including phenoxy) is 2. The van der Waals surface area contributed by atoms with Crippen molar-refractivity contribution < 1.29 is 27.5 Å². The normalized spacial score (nSPS) is 13.8. The maximum Gasteiger partial charge on any atom is 0.244 e. The molecule has 41 heavy (non-hydrogen) atoms.